The number of alkyl halides is 1. The zero-order valence-electron chi connectivity index (χ0n) is 11.0. The Labute approximate surface area is 119 Å². The summed E-state index contributed by atoms with van der Waals surface area (Å²) in [7, 11) is -3.30. The minimum Gasteiger partial charge on any atom is -0.349 e. The fourth-order valence-electron chi connectivity index (χ4n) is 1.65. The highest BCUT2D eigenvalue weighted by Crippen LogP contribution is 2.12. The Hall–Kier alpha value is -1.07. The molecular weight excluding hydrogens is 286 g/mol. The number of hydrogen-bond donors (Lipinski definition) is 1. The van der Waals surface area contributed by atoms with E-state index in [0.717, 1.165) is 12.7 Å². The first kappa shape index (κ1) is 16.0. The van der Waals surface area contributed by atoms with Crippen molar-refractivity contribution < 1.29 is 13.2 Å². The molecule has 1 aromatic carbocycles. The summed E-state index contributed by atoms with van der Waals surface area (Å²) in [6.45, 7) is 1.96. The first-order valence-electron chi connectivity index (χ1n) is 6.05. The molecule has 1 amide bonds. The number of sulfone groups is 1. The molecule has 1 aromatic rings. The number of hydrogen-bond acceptors (Lipinski definition) is 3. The SMILES string of the molecule is CCC(CCCl)NC(=O)c1cccc(S(C)(=O)=O)c1. The first-order valence-corrected chi connectivity index (χ1v) is 8.48. The topological polar surface area (TPSA) is 63.2 Å². The van der Waals surface area contributed by atoms with Gasteiger partial charge in [0.15, 0.2) is 9.84 Å². The second-order valence-corrected chi connectivity index (χ2v) is 6.75. The van der Waals surface area contributed by atoms with Gasteiger partial charge in [-0.1, -0.05) is 13.0 Å². The van der Waals surface area contributed by atoms with E-state index in [2.05, 4.69) is 5.32 Å². The Bertz CT molecular complexity index is 543. The molecular formula is C13H18ClNO3S. The van der Waals surface area contributed by atoms with E-state index in [1.165, 1.54) is 12.1 Å². The van der Waals surface area contributed by atoms with Crippen LogP contribution in [0.1, 0.15) is 30.1 Å². The van der Waals surface area contributed by atoms with Crippen LogP contribution < -0.4 is 5.32 Å². The molecule has 1 N–H and O–H groups in total. The van der Waals surface area contributed by atoms with E-state index < -0.39 is 9.84 Å². The summed E-state index contributed by atoms with van der Waals surface area (Å²) in [4.78, 5) is 12.2. The number of carbonyl (C=O) groups is 1. The zero-order valence-corrected chi connectivity index (χ0v) is 12.6. The van der Waals surface area contributed by atoms with Crippen molar-refractivity contribution in [2.24, 2.45) is 0 Å². The van der Waals surface area contributed by atoms with Crippen LogP contribution in [-0.2, 0) is 9.84 Å². The molecule has 0 saturated carbocycles. The molecule has 1 unspecified atom stereocenters. The van der Waals surface area contributed by atoms with Crippen LogP contribution in [0, 0.1) is 0 Å². The van der Waals surface area contributed by atoms with Crippen LogP contribution in [0.2, 0.25) is 0 Å². The smallest absolute Gasteiger partial charge is 0.251 e. The summed E-state index contributed by atoms with van der Waals surface area (Å²) in [5.41, 5.74) is 0.343. The molecule has 0 aliphatic carbocycles. The van der Waals surface area contributed by atoms with E-state index >= 15 is 0 Å². The molecule has 0 heterocycles. The van der Waals surface area contributed by atoms with Crippen LogP contribution >= 0.6 is 11.6 Å². The summed E-state index contributed by atoms with van der Waals surface area (Å²) in [5, 5.41) is 2.84. The maximum atomic E-state index is 12.0. The van der Waals surface area contributed by atoms with Crippen molar-refractivity contribution in [1.82, 2.24) is 5.32 Å². The van der Waals surface area contributed by atoms with Crippen LogP contribution in [0.15, 0.2) is 29.2 Å². The number of carbonyl (C=O) groups excluding carboxylic acids is 1. The molecule has 6 heteroatoms. The van der Waals surface area contributed by atoms with Gasteiger partial charge in [-0.2, -0.15) is 0 Å². The van der Waals surface area contributed by atoms with E-state index in [9.17, 15) is 13.2 Å². The highest BCUT2D eigenvalue weighted by Gasteiger charge is 2.14. The second kappa shape index (κ2) is 6.91. The summed E-state index contributed by atoms with van der Waals surface area (Å²) in [5.74, 6) is 0.199. The van der Waals surface area contributed by atoms with Crippen molar-refractivity contribution in [1.29, 1.82) is 0 Å². The van der Waals surface area contributed by atoms with Gasteiger partial charge in [-0.25, -0.2) is 8.42 Å². The Balaban J connectivity index is 2.88. The van der Waals surface area contributed by atoms with Crippen LogP contribution in [0.25, 0.3) is 0 Å². The molecule has 0 aliphatic heterocycles. The molecule has 0 bridgehead atoms. The van der Waals surface area contributed by atoms with Gasteiger partial charge in [-0.15, -0.1) is 11.6 Å². The van der Waals surface area contributed by atoms with Gasteiger partial charge in [-0.05, 0) is 31.0 Å². The van der Waals surface area contributed by atoms with Gasteiger partial charge >= 0.3 is 0 Å². The molecule has 0 aliphatic rings. The van der Waals surface area contributed by atoms with E-state index in [4.69, 9.17) is 11.6 Å². The zero-order chi connectivity index (χ0) is 14.5. The molecule has 4 nitrogen and oxygen atoms in total. The molecule has 0 fully saturated rings. The lowest BCUT2D eigenvalue weighted by Gasteiger charge is -2.15. The lowest BCUT2D eigenvalue weighted by atomic mass is 10.1. The van der Waals surface area contributed by atoms with Crippen LogP contribution in [0.4, 0.5) is 0 Å². The molecule has 1 atom stereocenters. The van der Waals surface area contributed by atoms with Gasteiger partial charge < -0.3 is 5.32 Å². The maximum absolute atomic E-state index is 12.0. The lowest BCUT2D eigenvalue weighted by Crippen LogP contribution is -2.34. The third kappa shape index (κ3) is 4.84. The Morgan fingerprint density at radius 2 is 2.11 bits per heavy atom. The van der Waals surface area contributed by atoms with Gasteiger partial charge in [-0.3, -0.25) is 4.79 Å². The van der Waals surface area contributed by atoms with Gasteiger partial charge in [0, 0.05) is 23.7 Å². The van der Waals surface area contributed by atoms with Crippen LogP contribution in [-0.4, -0.2) is 32.5 Å². The van der Waals surface area contributed by atoms with Crippen molar-refractivity contribution in [3.05, 3.63) is 29.8 Å². The Morgan fingerprint density at radius 1 is 1.42 bits per heavy atom. The molecule has 19 heavy (non-hydrogen) atoms. The summed E-state index contributed by atoms with van der Waals surface area (Å²) >= 11 is 5.66. The van der Waals surface area contributed by atoms with Gasteiger partial charge in [0.1, 0.15) is 0 Å². The third-order valence-corrected chi connectivity index (χ3v) is 4.14. The minimum atomic E-state index is -3.30. The van der Waals surface area contributed by atoms with Crippen LogP contribution in [0.3, 0.4) is 0 Å². The lowest BCUT2D eigenvalue weighted by molar-refractivity contribution is 0.0935. The predicted molar refractivity (Wildman–Crippen MR) is 76.4 cm³/mol. The van der Waals surface area contributed by atoms with Gasteiger partial charge in [0.05, 0.1) is 4.90 Å². The minimum absolute atomic E-state index is 0.00638. The molecule has 0 radical (unpaired) electrons. The quantitative estimate of drug-likeness (QED) is 0.820. The molecule has 0 aromatic heterocycles. The van der Waals surface area contributed by atoms with Crippen molar-refractivity contribution in [2.45, 2.75) is 30.7 Å². The monoisotopic (exact) mass is 303 g/mol. The van der Waals surface area contributed by atoms with Crippen LogP contribution in [0.5, 0.6) is 0 Å². The summed E-state index contributed by atoms with van der Waals surface area (Å²) in [6.07, 6.45) is 2.59. The van der Waals surface area contributed by atoms with E-state index in [-0.39, 0.29) is 16.8 Å². The standard InChI is InChI=1S/C13H18ClNO3S/c1-3-11(7-8-14)15-13(16)10-5-4-6-12(9-10)19(2,17)18/h4-6,9,11H,3,7-8H2,1-2H3,(H,15,16). The number of benzene rings is 1. The molecule has 106 valence electrons. The summed E-state index contributed by atoms with van der Waals surface area (Å²) in [6, 6.07) is 6.03. The summed E-state index contributed by atoms with van der Waals surface area (Å²) < 4.78 is 22.9. The predicted octanol–water partition coefficient (Wildman–Crippen LogP) is 2.23. The highest BCUT2D eigenvalue weighted by atomic mass is 35.5. The van der Waals surface area contributed by atoms with E-state index in [0.29, 0.717) is 17.9 Å². The third-order valence-electron chi connectivity index (χ3n) is 2.81. The van der Waals surface area contributed by atoms with Crippen molar-refractivity contribution in [3.8, 4) is 0 Å². The largest absolute Gasteiger partial charge is 0.349 e. The maximum Gasteiger partial charge on any atom is 0.251 e. The first-order chi connectivity index (χ1) is 8.88. The van der Waals surface area contributed by atoms with Crippen molar-refractivity contribution in [3.63, 3.8) is 0 Å². The average molecular weight is 304 g/mol. The Morgan fingerprint density at radius 3 is 2.63 bits per heavy atom. The molecule has 0 saturated heterocycles. The normalized spacial score (nSPS) is 13.0. The number of nitrogens with one attached hydrogen (secondary N) is 1. The second-order valence-electron chi connectivity index (χ2n) is 4.36. The van der Waals surface area contributed by atoms with E-state index in [1.54, 1.807) is 12.1 Å². The van der Waals surface area contributed by atoms with Gasteiger partial charge in [0.2, 0.25) is 0 Å². The Kier molecular flexibility index (Phi) is 5.82. The van der Waals surface area contributed by atoms with Gasteiger partial charge in [0.25, 0.3) is 5.91 Å². The average Bonchev–Trinajstić information content (AvgIpc) is 2.37. The fourth-order valence-corrected chi connectivity index (χ4v) is 2.58. The van der Waals surface area contributed by atoms with Crippen molar-refractivity contribution >= 4 is 27.3 Å². The molecule has 1 rings (SSSR count). The highest BCUT2D eigenvalue weighted by molar-refractivity contribution is 7.90. The molecule has 0 spiro atoms. The van der Waals surface area contributed by atoms with E-state index in [1.807, 2.05) is 6.92 Å². The number of halogens is 1. The fraction of sp³-hybridized carbons (Fsp3) is 0.462. The van der Waals surface area contributed by atoms with Crippen molar-refractivity contribution in [2.75, 3.05) is 12.1 Å². The number of amides is 1. The number of rotatable bonds is 6.